The van der Waals surface area contributed by atoms with Gasteiger partial charge in [0, 0.05) is 25.8 Å². The lowest BCUT2D eigenvalue weighted by Gasteiger charge is -2.17. The fourth-order valence-electron chi connectivity index (χ4n) is 1.97. The molecular formula is C14H19N3. The highest BCUT2D eigenvalue weighted by Gasteiger charge is 2.08. The summed E-state index contributed by atoms with van der Waals surface area (Å²) in [5.74, 6) is 0. The Bertz CT molecular complexity index is 448. The third-order valence-corrected chi connectivity index (χ3v) is 3.06. The second kappa shape index (κ2) is 5.64. The second-order valence-electron chi connectivity index (χ2n) is 4.25. The molecule has 1 aromatic carbocycles. The number of aryl methyl sites for hydroxylation is 1. The van der Waals surface area contributed by atoms with E-state index in [1.165, 1.54) is 11.3 Å². The van der Waals surface area contributed by atoms with Crippen LogP contribution in [0.25, 0.3) is 0 Å². The Balaban J connectivity index is 1.99. The van der Waals surface area contributed by atoms with Crippen molar-refractivity contribution in [1.82, 2.24) is 14.9 Å². The van der Waals surface area contributed by atoms with Crippen LogP contribution >= 0.6 is 0 Å². The second-order valence-corrected chi connectivity index (χ2v) is 4.25. The van der Waals surface area contributed by atoms with Crippen LogP contribution in [0.15, 0.2) is 42.9 Å². The maximum atomic E-state index is 4.12. The van der Waals surface area contributed by atoms with Crippen LogP contribution in [0.5, 0.6) is 0 Å². The topological polar surface area (TPSA) is 29.9 Å². The van der Waals surface area contributed by atoms with Crippen LogP contribution in [0, 0.1) is 0 Å². The molecule has 1 unspecified atom stereocenters. The molecule has 2 rings (SSSR count). The average molecular weight is 229 g/mol. The van der Waals surface area contributed by atoms with Crippen molar-refractivity contribution in [3.63, 3.8) is 0 Å². The molecule has 0 spiro atoms. The molecule has 0 aliphatic heterocycles. The van der Waals surface area contributed by atoms with Crippen molar-refractivity contribution >= 4 is 0 Å². The Morgan fingerprint density at radius 1 is 1.29 bits per heavy atom. The van der Waals surface area contributed by atoms with Crippen LogP contribution in [0.4, 0.5) is 0 Å². The zero-order chi connectivity index (χ0) is 12.1. The highest BCUT2D eigenvalue weighted by atomic mass is 15.0. The molecule has 3 nitrogen and oxygen atoms in total. The molecule has 1 heterocycles. The van der Waals surface area contributed by atoms with E-state index in [0.717, 1.165) is 13.0 Å². The van der Waals surface area contributed by atoms with Gasteiger partial charge in [0.05, 0.1) is 12.0 Å². The monoisotopic (exact) mass is 229 g/mol. The molecule has 0 aliphatic rings. The smallest absolute Gasteiger partial charge is 0.0945 e. The standard InChI is InChI=1S/C14H19N3/c1-3-14(12-7-5-4-6-8-12)16-10-13-9-15-11-17(13)2/h4-9,11,14,16H,3,10H2,1-2H3. The van der Waals surface area contributed by atoms with Crippen molar-refractivity contribution in [3.8, 4) is 0 Å². The lowest BCUT2D eigenvalue weighted by Crippen LogP contribution is -2.21. The van der Waals surface area contributed by atoms with Gasteiger partial charge in [0.1, 0.15) is 0 Å². The molecule has 1 atom stereocenters. The number of aromatic nitrogens is 2. The zero-order valence-corrected chi connectivity index (χ0v) is 10.4. The van der Waals surface area contributed by atoms with Crippen LogP contribution in [0.1, 0.15) is 30.6 Å². The largest absolute Gasteiger partial charge is 0.337 e. The van der Waals surface area contributed by atoms with Crippen LogP contribution in [0.3, 0.4) is 0 Å². The van der Waals surface area contributed by atoms with Gasteiger partial charge in [0.15, 0.2) is 0 Å². The molecule has 3 heteroatoms. The fourth-order valence-corrected chi connectivity index (χ4v) is 1.97. The Kier molecular flexibility index (Phi) is 3.94. The predicted octanol–water partition coefficient (Wildman–Crippen LogP) is 2.66. The number of nitrogens with zero attached hydrogens (tertiary/aromatic N) is 2. The van der Waals surface area contributed by atoms with E-state index in [1.807, 2.05) is 24.1 Å². The number of hydrogen-bond acceptors (Lipinski definition) is 2. The molecule has 0 saturated carbocycles. The summed E-state index contributed by atoms with van der Waals surface area (Å²) in [5, 5.41) is 3.57. The number of nitrogens with one attached hydrogen (secondary N) is 1. The van der Waals surface area contributed by atoms with Crippen molar-refractivity contribution in [2.75, 3.05) is 0 Å². The SMILES string of the molecule is CCC(NCc1cncn1C)c1ccccc1. The molecular weight excluding hydrogens is 210 g/mol. The van der Waals surface area contributed by atoms with E-state index in [-0.39, 0.29) is 0 Å². The first-order valence-corrected chi connectivity index (χ1v) is 6.04. The number of imidazole rings is 1. The molecule has 0 saturated heterocycles. The van der Waals surface area contributed by atoms with Gasteiger partial charge in [0.25, 0.3) is 0 Å². The van der Waals surface area contributed by atoms with Gasteiger partial charge < -0.3 is 9.88 Å². The van der Waals surface area contributed by atoms with Crippen molar-refractivity contribution in [2.45, 2.75) is 25.9 Å². The van der Waals surface area contributed by atoms with Crippen molar-refractivity contribution in [3.05, 3.63) is 54.1 Å². The maximum Gasteiger partial charge on any atom is 0.0945 e. The molecule has 2 aromatic rings. The van der Waals surface area contributed by atoms with Crippen LogP contribution in [-0.4, -0.2) is 9.55 Å². The van der Waals surface area contributed by atoms with Gasteiger partial charge in [0.2, 0.25) is 0 Å². The Morgan fingerprint density at radius 2 is 2.06 bits per heavy atom. The summed E-state index contributed by atoms with van der Waals surface area (Å²) in [6.07, 6.45) is 4.83. The first-order valence-electron chi connectivity index (χ1n) is 6.04. The van der Waals surface area contributed by atoms with E-state index in [1.54, 1.807) is 0 Å². The summed E-state index contributed by atoms with van der Waals surface area (Å²) in [4.78, 5) is 4.12. The quantitative estimate of drug-likeness (QED) is 0.854. The summed E-state index contributed by atoms with van der Waals surface area (Å²) >= 11 is 0. The molecule has 90 valence electrons. The zero-order valence-electron chi connectivity index (χ0n) is 10.4. The fraction of sp³-hybridized carbons (Fsp3) is 0.357. The molecule has 0 aliphatic carbocycles. The molecule has 0 bridgehead atoms. The van der Waals surface area contributed by atoms with Crippen LogP contribution in [-0.2, 0) is 13.6 Å². The van der Waals surface area contributed by atoms with E-state index < -0.39 is 0 Å². The molecule has 1 aromatic heterocycles. The van der Waals surface area contributed by atoms with Crippen molar-refractivity contribution in [2.24, 2.45) is 7.05 Å². The first-order chi connectivity index (χ1) is 8.31. The third-order valence-electron chi connectivity index (χ3n) is 3.06. The van der Waals surface area contributed by atoms with Gasteiger partial charge in [-0.15, -0.1) is 0 Å². The molecule has 0 fully saturated rings. The number of rotatable bonds is 5. The summed E-state index contributed by atoms with van der Waals surface area (Å²) < 4.78 is 2.05. The minimum absolute atomic E-state index is 0.408. The van der Waals surface area contributed by atoms with E-state index in [0.29, 0.717) is 6.04 Å². The number of benzene rings is 1. The van der Waals surface area contributed by atoms with E-state index >= 15 is 0 Å². The first kappa shape index (κ1) is 11.9. The Labute approximate surface area is 103 Å². The minimum Gasteiger partial charge on any atom is -0.337 e. The Morgan fingerprint density at radius 3 is 2.65 bits per heavy atom. The van der Waals surface area contributed by atoms with Gasteiger partial charge in [-0.25, -0.2) is 4.98 Å². The molecule has 17 heavy (non-hydrogen) atoms. The molecule has 0 amide bonds. The summed E-state index contributed by atoms with van der Waals surface area (Å²) in [7, 11) is 2.02. The van der Waals surface area contributed by atoms with Gasteiger partial charge in [-0.1, -0.05) is 37.3 Å². The van der Waals surface area contributed by atoms with Gasteiger partial charge in [-0.05, 0) is 12.0 Å². The van der Waals surface area contributed by atoms with Gasteiger partial charge in [-0.3, -0.25) is 0 Å². The lowest BCUT2D eigenvalue weighted by atomic mass is 10.0. The minimum atomic E-state index is 0.408. The van der Waals surface area contributed by atoms with Gasteiger partial charge in [-0.2, -0.15) is 0 Å². The van der Waals surface area contributed by atoms with Crippen LogP contribution < -0.4 is 5.32 Å². The summed E-state index contributed by atoms with van der Waals surface area (Å²) in [6.45, 7) is 3.05. The molecule has 0 radical (unpaired) electrons. The third kappa shape index (κ3) is 2.94. The van der Waals surface area contributed by atoms with Crippen LogP contribution in [0.2, 0.25) is 0 Å². The van der Waals surface area contributed by atoms with Crippen molar-refractivity contribution in [1.29, 1.82) is 0 Å². The highest BCUT2D eigenvalue weighted by molar-refractivity contribution is 5.18. The Hall–Kier alpha value is -1.61. The predicted molar refractivity (Wildman–Crippen MR) is 69.5 cm³/mol. The van der Waals surface area contributed by atoms with E-state index in [4.69, 9.17) is 0 Å². The molecule has 1 N–H and O–H groups in total. The lowest BCUT2D eigenvalue weighted by molar-refractivity contribution is 0.508. The number of hydrogen-bond donors (Lipinski definition) is 1. The van der Waals surface area contributed by atoms with E-state index in [9.17, 15) is 0 Å². The summed E-state index contributed by atoms with van der Waals surface area (Å²) in [5.41, 5.74) is 2.55. The maximum absolute atomic E-state index is 4.12. The summed E-state index contributed by atoms with van der Waals surface area (Å²) in [6, 6.07) is 11.0. The average Bonchev–Trinajstić information content (AvgIpc) is 2.77. The van der Waals surface area contributed by atoms with Crippen molar-refractivity contribution < 1.29 is 0 Å². The van der Waals surface area contributed by atoms with Gasteiger partial charge >= 0.3 is 0 Å². The normalized spacial score (nSPS) is 12.6. The highest BCUT2D eigenvalue weighted by Crippen LogP contribution is 2.16. The van der Waals surface area contributed by atoms with E-state index in [2.05, 4.69) is 47.6 Å².